The smallest absolute Gasteiger partial charge is 0.0806 e. The Morgan fingerprint density at radius 1 is 0.824 bits per heavy atom. The quantitative estimate of drug-likeness (QED) is 0.136. The summed E-state index contributed by atoms with van der Waals surface area (Å²) in [6.07, 6.45) is 17.5. The van der Waals surface area contributed by atoms with E-state index in [0.717, 1.165) is 5.92 Å². The molecule has 17 heavy (non-hydrogen) atoms. The van der Waals surface area contributed by atoms with Crippen LogP contribution in [0.4, 0.5) is 0 Å². The second kappa shape index (κ2) is 13.6. The zero-order valence-corrected chi connectivity index (χ0v) is 15.7. The molecule has 0 rings (SSSR count). The molecular formula is C15H28I2. The molecule has 0 aromatic rings. The summed E-state index contributed by atoms with van der Waals surface area (Å²) in [7, 11) is 0. The van der Waals surface area contributed by atoms with Gasteiger partial charge in [0.05, 0.1) is 1.93 Å². The van der Waals surface area contributed by atoms with Gasteiger partial charge in [-0.1, -0.05) is 123 Å². The van der Waals surface area contributed by atoms with Crippen molar-refractivity contribution in [1.29, 1.82) is 0 Å². The molecule has 0 aliphatic carbocycles. The summed E-state index contributed by atoms with van der Waals surface area (Å²) in [5.41, 5.74) is 0. The fourth-order valence-corrected chi connectivity index (χ4v) is 2.45. The van der Waals surface area contributed by atoms with E-state index in [4.69, 9.17) is 0 Å². The molecule has 0 nitrogen and oxygen atoms in total. The van der Waals surface area contributed by atoms with Gasteiger partial charge in [-0.2, -0.15) is 0 Å². The zero-order chi connectivity index (χ0) is 12.9. The average molecular weight is 462 g/mol. The molecule has 0 radical (unpaired) electrons. The summed E-state index contributed by atoms with van der Waals surface area (Å²) in [4.78, 5) is 0. The Labute approximate surface area is 136 Å². The number of allylic oxidation sites excluding steroid dienone is 2. The predicted octanol–water partition coefficient (Wildman–Crippen LogP) is 6.91. The van der Waals surface area contributed by atoms with Crippen molar-refractivity contribution >= 4 is 45.2 Å². The van der Waals surface area contributed by atoms with Crippen LogP contribution in [0.1, 0.15) is 71.6 Å². The minimum Gasteiger partial charge on any atom is -0.0839 e. The summed E-state index contributed by atoms with van der Waals surface area (Å²) in [5, 5.41) is 0. The largest absolute Gasteiger partial charge is 0.0839 e. The molecular weight excluding hydrogens is 434 g/mol. The van der Waals surface area contributed by atoms with Crippen molar-refractivity contribution in [2.75, 3.05) is 0 Å². The number of rotatable bonds is 11. The van der Waals surface area contributed by atoms with Gasteiger partial charge in [0.25, 0.3) is 0 Å². The third-order valence-electron chi connectivity index (χ3n) is 3.10. The highest BCUT2D eigenvalue weighted by molar-refractivity contribution is 14.2. The molecule has 0 saturated heterocycles. The molecule has 0 bridgehead atoms. The first-order valence-corrected chi connectivity index (χ1v) is 9.62. The molecule has 0 amide bonds. The van der Waals surface area contributed by atoms with Gasteiger partial charge in [0, 0.05) is 0 Å². The minimum absolute atomic E-state index is 0.645. The molecule has 0 heterocycles. The van der Waals surface area contributed by atoms with Crippen molar-refractivity contribution in [3.05, 3.63) is 12.2 Å². The highest BCUT2D eigenvalue weighted by Gasteiger charge is 1.98. The first-order valence-electron chi connectivity index (χ1n) is 7.13. The first-order chi connectivity index (χ1) is 8.16. The fraction of sp³-hybridized carbons (Fsp3) is 0.867. The monoisotopic (exact) mass is 462 g/mol. The Morgan fingerprint density at radius 3 is 1.88 bits per heavy atom. The lowest BCUT2D eigenvalue weighted by molar-refractivity contribution is 0.532. The standard InChI is InChI=1S/C15H28I2/c1-3-4-5-6-7-8-9-10-11-14(2)12-13-15(16)17/h12-15H,3-11H2,1-2H3/b13-12+/t14-/m0/s1. The average Bonchev–Trinajstić information content (AvgIpc) is 2.30. The molecule has 0 aromatic heterocycles. The maximum Gasteiger partial charge on any atom is 0.0806 e. The molecule has 0 saturated carbocycles. The van der Waals surface area contributed by atoms with E-state index in [2.05, 4.69) is 71.2 Å². The van der Waals surface area contributed by atoms with Crippen molar-refractivity contribution in [2.45, 2.75) is 73.6 Å². The van der Waals surface area contributed by atoms with Crippen LogP contribution in [0.3, 0.4) is 0 Å². The van der Waals surface area contributed by atoms with Gasteiger partial charge >= 0.3 is 0 Å². The number of hydrogen-bond acceptors (Lipinski definition) is 0. The molecule has 0 aliphatic rings. The van der Waals surface area contributed by atoms with Gasteiger partial charge in [-0.25, -0.2) is 0 Å². The van der Waals surface area contributed by atoms with Crippen LogP contribution in [0, 0.1) is 5.92 Å². The van der Waals surface area contributed by atoms with E-state index in [1.165, 1.54) is 57.8 Å². The summed E-state index contributed by atoms with van der Waals surface area (Å²) in [6.45, 7) is 4.62. The topological polar surface area (TPSA) is 0 Å². The van der Waals surface area contributed by atoms with Crippen LogP contribution >= 0.6 is 45.2 Å². The summed E-state index contributed by atoms with van der Waals surface area (Å²) < 4.78 is 0.645. The van der Waals surface area contributed by atoms with E-state index in [1.54, 1.807) is 0 Å². The maximum atomic E-state index is 2.44. The Morgan fingerprint density at radius 2 is 1.35 bits per heavy atom. The lowest BCUT2D eigenvalue weighted by Gasteiger charge is -2.06. The molecule has 102 valence electrons. The normalized spacial score (nSPS) is 13.7. The molecule has 0 spiro atoms. The lowest BCUT2D eigenvalue weighted by atomic mass is 10.0. The van der Waals surface area contributed by atoms with Gasteiger partial charge in [0.15, 0.2) is 0 Å². The van der Waals surface area contributed by atoms with E-state index in [9.17, 15) is 0 Å². The van der Waals surface area contributed by atoms with Crippen LogP contribution in [0.15, 0.2) is 12.2 Å². The van der Waals surface area contributed by atoms with Gasteiger partial charge in [0.2, 0.25) is 0 Å². The SMILES string of the molecule is CCCCCCCCCC[C@H](C)/C=C/C(I)I. The molecule has 1 atom stereocenters. The van der Waals surface area contributed by atoms with Crippen LogP contribution in [0.25, 0.3) is 0 Å². The second-order valence-electron chi connectivity index (χ2n) is 4.96. The zero-order valence-electron chi connectivity index (χ0n) is 11.4. The van der Waals surface area contributed by atoms with Gasteiger partial charge in [0.1, 0.15) is 0 Å². The van der Waals surface area contributed by atoms with Crippen LogP contribution in [-0.4, -0.2) is 1.93 Å². The van der Waals surface area contributed by atoms with E-state index >= 15 is 0 Å². The van der Waals surface area contributed by atoms with Crippen LogP contribution in [0.5, 0.6) is 0 Å². The summed E-state index contributed by atoms with van der Waals surface area (Å²) in [5.74, 6) is 0.766. The van der Waals surface area contributed by atoms with Crippen molar-refractivity contribution in [3.63, 3.8) is 0 Å². The molecule has 2 heteroatoms. The Bertz CT molecular complexity index is 176. The minimum atomic E-state index is 0.645. The maximum absolute atomic E-state index is 2.44. The molecule has 0 fully saturated rings. The molecule has 0 unspecified atom stereocenters. The number of alkyl halides is 2. The highest BCUT2D eigenvalue weighted by Crippen LogP contribution is 2.16. The van der Waals surface area contributed by atoms with Crippen LogP contribution in [-0.2, 0) is 0 Å². The van der Waals surface area contributed by atoms with Gasteiger partial charge < -0.3 is 0 Å². The third kappa shape index (κ3) is 15.1. The van der Waals surface area contributed by atoms with E-state index < -0.39 is 0 Å². The van der Waals surface area contributed by atoms with Gasteiger partial charge in [-0.15, -0.1) is 0 Å². The highest BCUT2D eigenvalue weighted by atomic mass is 127. The van der Waals surface area contributed by atoms with Gasteiger partial charge in [-0.05, 0) is 12.3 Å². The predicted molar refractivity (Wildman–Crippen MR) is 97.4 cm³/mol. The van der Waals surface area contributed by atoms with E-state index in [1.807, 2.05) is 0 Å². The molecule has 0 N–H and O–H groups in total. The number of unbranched alkanes of at least 4 members (excludes halogenated alkanes) is 7. The third-order valence-corrected chi connectivity index (χ3v) is 3.93. The van der Waals surface area contributed by atoms with Crippen molar-refractivity contribution in [2.24, 2.45) is 5.92 Å². The van der Waals surface area contributed by atoms with Crippen LogP contribution in [0.2, 0.25) is 0 Å². The fourth-order valence-electron chi connectivity index (χ4n) is 1.97. The van der Waals surface area contributed by atoms with Crippen molar-refractivity contribution in [1.82, 2.24) is 0 Å². The van der Waals surface area contributed by atoms with Crippen molar-refractivity contribution < 1.29 is 0 Å². The number of halogens is 2. The molecule has 0 aliphatic heterocycles. The van der Waals surface area contributed by atoms with E-state index in [-0.39, 0.29) is 0 Å². The number of hydrogen-bond donors (Lipinski definition) is 0. The lowest BCUT2D eigenvalue weighted by Crippen LogP contribution is -1.91. The van der Waals surface area contributed by atoms with Crippen LogP contribution < -0.4 is 0 Å². The Balaban J connectivity index is 3.22. The second-order valence-corrected chi connectivity index (χ2v) is 10.0. The van der Waals surface area contributed by atoms with E-state index in [0.29, 0.717) is 1.93 Å². The van der Waals surface area contributed by atoms with Gasteiger partial charge in [-0.3, -0.25) is 0 Å². The Kier molecular flexibility index (Phi) is 14.6. The first kappa shape index (κ1) is 18.2. The Hall–Kier alpha value is 1.20. The summed E-state index contributed by atoms with van der Waals surface area (Å²) >= 11 is 4.89. The summed E-state index contributed by atoms with van der Waals surface area (Å²) in [6, 6.07) is 0. The van der Waals surface area contributed by atoms with Crippen molar-refractivity contribution in [3.8, 4) is 0 Å². The molecule has 0 aromatic carbocycles.